The number of amides is 1. The molecule has 0 saturated carbocycles. The Labute approximate surface area is 153 Å². The van der Waals surface area contributed by atoms with Crippen molar-refractivity contribution >= 4 is 5.91 Å². The van der Waals surface area contributed by atoms with Crippen molar-refractivity contribution in [2.45, 2.75) is 13.3 Å². The van der Waals surface area contributed by atoms with E-state index in [1.54, 1.807) is 17.9 Å². The Morgan fingerprint density at radius 2 is 2.12 bits per heavy atom. The normalized spacial score (nSPS) is 17.8. The largest absolute Gasteiger partial charge is 0.396 e. The summed E-state index contributed by atoms with van der Waals surface area (Å²) in [6, 6.07) is 12.6. The molecule has 5 heteroatoms. The van der Waals surface area contributed by atoms with Crippen molar-refractivity contribution in [1.29, 1.82) is 0 Å². The zero-order valence-corrected chi connectivity index (χ0v) is 15.0. The third-order valence-electron chi connectivity index (χ3n) is 4.76. The molecule has 0 aliphatic carbocycles. The van der Waals surface area contributed by atoms with Crippen LogP contribution in [0.2, 0.25) is 0 Å². The Morgan fingerprint density at radius 3 is 2.88 bits per heavy atom. The van der Waals surface area contributed by atoms with E-state index in [4.69, 9.17) is 4.74 Å². The van der Waals surface area contributed by atoms with Crippen LogP contribution in [-0.4, -0.2) is 48.8 Å². The summed E-state index contributed by atoms with van der Waals surface area (Å²) in [6.45, 7) is 3.63. The summed E-state index contributed by atoms with van der Waals surface area (Å²) in [5, 5.41) is 9.43. The highest BCUT2D eigenvalue weighted by Gasteiger charge is 2.24. The molecule has 0 bridgehead atoms. The molecule has 1 fully saturated rings. The molecule has 1 atom stereocenters. The summed E-state index contributed by atoms with van der Waals surface area (Å²) in [5.74, 6) is -0.376. The number of nitrogens with zero attached hydrogens (tertiary/aromatic N) is 1. The van der Waals surface area contributed by atoms with Gasteiger partial charge in [0.2, 0.25) is 0 Å². The number of aliphatic hydroxyl groups is 1. The lowest BCUT2D eigenvalue weighted by molar-refractivity contribution is 0.0727. The summed E-state index contributed by atoms with van der Waals surface area (Å²) in [4.78, 5) is 14.8. The van der Waals surface area contributed by atoms with Gasteiger partial charge in [0.1, 0.15) is 5.82 Å². The average molecular weight is 357 g/mol. The Hall–Kier alpha value is -2.24. The number of benzene rings is 2. The van der Waals surface area contributed by atoms with E-state index in [1.165, 1.54) is 6.07 Å². The second-order valence-electron chi connectivity index (χ2n) is 6.79. The van der Waals surface area contributed by atoms with Gasteiger partial charge in [0.15, 0.2) is 0 Å². The quantitative estimate of drug-likeness (QED) is 0.915. The molecule has 26 heavy (non-hydrogen) atoms. The van der Waals surface area contributed by atoms with Gasteiger partial charge in [-0.05, 0) is 42.2 Å². The third kappa shape index (κ3) is 4.29. The summed E-state index contributed by atoms with van der Waals surface area (Å²) in [6.07, 6.45) is 0.493. The molecule has 1 N–H and O–H groups in total. The lowest BCUT2D eigenvalue weighted by Crippen LogP contribution is -2.37. The number of hydrogen-bond donors (Lipinski definition) is 1. The van der Waals surface area contributed by atoms with Gasteiger partial charge in [-0.3, -0.25) is 4.79 Å². The van der Waals surface area contributed by atoms with E-state index in [9.17, 15) is 14.3 Å². The van der Waals surface area contributed by atoms with Gasteiger partial charge in [0, 0.05) is 31.2 Å². The van der Waals surface area contributed by atoms with Gasteiger partial charge in [0.05, 0.1) is 13.2 Å². The molecule has 0 radical (unpaired) electrons. The maximum Gasteiger partial charge on any atom is 0.254 e. The predicted octanol–water partition coefficient (Wildman–Crippen LogP) is 2.81. The molecule has 4 nitrogen and oxygen atoms in total. The molecule has 3 rings (SSSR count). The first-order valence-electron chi connectivity index (χ1n) is 8.89. The number of halogens is 1. The predicted molar refractivity (Wildman–Crippen MR) is 97.7 cm³/mol. The SMILES string of the molecule is Cc1ccc(Cc2ccccc2C(=O)N2CCOCC(CO)C2)cc1F. The molecule has 1 saturated heterocycles. The molecule has 1 aliphatic heterocycles. The fraction of sp³-hybridized carbons (Fsp3) is 0.381. The monoisotopic (exact) mass is 357 g/mol. The molecule has 0 spiro atoms. The summed E-state index contributed by atoms with van der Waals surface area (Å²) >= 11 is 0. The molecule has 2 aromatic rings. The van der Waals surface area contributed by atoms with Crippen LogP contribution in [0.5, 0.6) is 0 Å². The van der Waals surface area contributed by atoms with Crippen molar-refractivity contribution in [2.24, 2.45) is 5.92 Å². The number of carbonyl (C=O) groups is 1. The van der Waals surface area contributed by atoms with Crippen LogP contribution in [-0.2, 0) is 11.2 Å². The summed E-state index contributed by atoms with van der Waals surface area (Å²) in [7, 11) is 0. The third-order valence-corrected chi connectivity index (χ3v) is 4.76. The van der Waals surface area contributed by atoms with E-state index < -0.39 is 0 Å². The van der Waals surface area contributed by atoms with Crippen LogP contribution in [0.1, 0.15) is 27.0 Å². The van der Waals surface area contributed by atoms with Crippen LogP contribution in [0.3, 0.4) is 0 Å². The van der Waals surface area contributed by atoms with Crippen molar-refractivity contribution in [2.75, 3.05) is 32.9 Å². The molecule has 1 heterocycles. The number of ether oxygens (including phenoxy) is 1. The average Bonchev–Trinajstić information content (AvgIpc) is 2.90. The Kier molecular flexibility index (Phi) is 6.01. The molecule has 0 aromatic heterocycles. The minimum atomic E-state index is -0.234. The molecule has 1 unspecified atom stereocenters. The number of carbonyl (C=O) groups excluding carboxylic acids is 1. The second-order valence-corrected chi connectivity index (χ2v) is 6.79. The van der Waals surface area contributed by atoms with Crippen molar-refractivity contribution < 1.29 is 19.0 Å². The summed E-state index contributed by atoms with van der Waals surface area (Å²) in [5.41, 5.74) is 2.93. The maximum atomic E-state index is 13.8. The number of aryl methyl sites for hydroxylation is 1. The van der Waals surface area contributed by atoms with Gasteiger partial charge in [-0.1, -0.05) is 30.3 Å². The Balaban J connectivity index is 1.83. The van der Waals surface area contributed by atoms with Crippen LogP contribution in [0.4, 0.5) is 4.39 Å². The van der Waals surface area contributed by atoms with Crippen LogP contribution < -0.4 is 0 Å². The standard InChI is InChI=1S/C21H24FNO3/c1-15-6-7-16(11-20(15)22)10-18-4-2-3-5-19(18)21(25)23-8-9-26-14-17(12-23)13-24/h2-7,11,17,24H,8-10,12-14H2,1H3. The molecular formula is C21H24FNO3. The highest BCUT2D eigenvalue weighted by atomic mass is 19.1. The van der Waals surface area contributed by atoms with Gasteiger partial charge >= 0.3 is 0 Å². The van der Waals surface area contributed by atoms with Gasteiger partial charge in [-0.15, -0.1) is 0 Å². The molecule has 138 valence electrons. The molecular weight excluding hydrogens is 333 g/mol. The van der Waals surface area contributed by atoms with Crippen LogP contribution in [0, 0.1) is 18.7 Å². The van der Waals surface area contributed by atoms with Crippen LogP contribution in [0.15, 0.2) is 42.5 Å². The van der Waals surface area contributed by atoms with E-state index in [1.807, 2.05) is 30.3 Å². The first kappa shape index (κ1) is 18.5. The fourth-order valence-electron chi connectivity index (χ4n) is 3.19. The smallest absolute Gasteiger partial charge is 0.254 e. The fourth-order valence-corrected chi connectivity index (χ4v) is 3.19. The second kappa shape index (κ2) is 8.43. The Morgan fingerprint density at radius 1 is 1.31 bits per heavy atom. The first-order chi connectivity index (χ1) is 12.6. The van der Waals surface area contributed by atoms with Crippen LogP contribution in [0.25, 0.3) is 0 Å². The minimum absolute atomic E-state index is 0.00588. The minimum Gasteiger partial charge on any atom is -0.396 e. The van der Waals surface area contributed by atoms with E-state index in [0.717, 1.165) is 11.1 Å². The number of hydrogen-bond acceptors (Lipinski definition) is 3. The van der Waals surface area contributed by atoms with Gasteiger partial charge in [0.25, 0.3) is 5.91 Å². The summed E-state index contributed by atoms with van der Waals surface area (Å²) < 4.78 is 19.3. The van der Waals surface area contributed by atoms with Crippen LogP contribution >= 0.6 is 0 Å². The van der Waals surface area contributed by atoms with Crippen molar-refractivity contribution in [3.8, 4) is 0 Å². The zero-order valence-electron chi connectivity index (χ0n) is 15.0. The molecule has 1 aliphatic rings. The number of rotatable bonds is 4. The van der Waals surface area contributed by atoms with Gasteiger partial charge in [-0.2, -0.15) is 0 Å². The van der Waals surface area contributed by atoms with Gasteiger partial charge in [-0.25, -0.2) is 4.39 Å². The maximum absolute atomic E-state index is 13.8. The zero-order chi connectivity index (χ0) is 18.5. The number of aliphatic hydroxyl groups excluding tert-OH is 1. The van der Waals surface area contributed by atoms with Gasteiger partial charge < -0.3 is 14.7 Å². The topological polar surface area (TPSA) is 49.8 Å². The van der Waals surface area contributed by atoms with E-state index in [0.29, 0.717) is 43.9 Å². The van der Waals surface area contributed by atoms with Crippen molar-refractivity contribution in [1.82, 2.24) is 4.90 Å². The molecule has 1 amide bonds. The lowest BCUT2D eigenvalue weighted by atomic mass is 9.98. The van der Waals surface area contributed by atoms with Crippen molar-refractivity contribution in [3.63, 3.8) is 0 Å². The van der Waals surface area contributed by atoms with Crippen molar-refractivity contribution in [3.05, 3.63) is 70.5 Å². The highest BCUT2D eigenvalue weighted by Crippen LogP contribution is 2.19. The van der Waals surface area contributed by atoms with E-state index in [-0.39, 0.29) is 24.2 Å². The Bertz CT molecular complexity index is 778. The first-order valence-corrected chi connectivity index (χ1v) is 8.89. The highest BCUT2D eigenvalue weighted by molar-refractivity contribution is 5.95. The van der Waals surface area contributed by atoms with E-state index >= 15 is 0 Å². The molecule has 2 aromatic carbocycles. The van der Waals surface area contributed by atoms with E-state index in [2.05, 4.69) is 0 Å². The lowest BCUT2D eigenvalue weighted by Gasteiger charge is -2.24.